The Morgan fingerprint density at radius 2 is 1.45 bits per heavy atom. The van der Waals surface area contributed by atoms with Crippen LogP contribution in [0.4, 0.5) is 24.5 Å². The van der Waals surface area contributed by atoms with Crippen molar-refractivity contribution in [1.82, 2.24) is 0 Å². The van der Waals surface area contributed by atoms with Gasteiger partial charge in [-0.2, -0.15) is 0 Å². The van der Waals surface area contributed by atoms with Crippen LogP contribution in [0.2, 0.25) is 0 Å². The minimum absolute atomic E-state index is 0.143. The van der Waals surface area contributed by atoms with Crippen molar-refractivity contribution in [2.24, 2.45) is 0 Å². The van der Waals surface area contributed by atoms with Crippen LogP contribution < -0.4 is 9.62 Å². The molecule has 150 valence electrons. The zero-order valence-electron chi connectivity index (χ0n) is 15.1. The molecule has 9 heteroatoms. The van der Waals surface area contributed by atoms with Crippen molar-refractivity contribution in [2.75, 3.05) is 16.7 Å². The lowest BCUT2D eigenvalue weighted by Crippen LogP contribution is -2.27. The summed E-state index contributed by atoms with van der Waals surface area (Å²) in [6.07, 6.45) is 0. The number of carbonyl (C=O) groups is 1. The molecule has 0 aliphatic carbocycles. The van der Waals surface area contributed by atoms with Gasteiger partial charge in [0.2, 0.25) is 0 Å². The summed E-state index contributed by atoms with van der Waals surface area (Å²) in [5, 5.41) is 2.09. The van der Waals surface area contributed by atoms with E-state index in [2.05, 4.69) is 5.32 Å². The minimum Gasteiger partial charge on any atom is -0.317 e. The van der Waals surface area contributed by atoms with E-state index < -0.39 is 39.1 Å². The molecule has 0 saturated carbocycles. The second-order valence-corrected chi connectivity index (χ2v) is 7.97. The Morgan fingerprint density at radius 1 is 0.862 bits per heavy atom. The number of carbonyl (C=O) groups excluding carboxylic acids is 1. The molecule has 3 aromatic rings. The number of hydrogen-bond acceptors (Lipinski definition) is 3. The number of sulfonamides is 1. The first-order valence-corrected chi connectivity index (χ1v) is 9.74. The van der Waals surface area contributed by atoms with Crippen LogP contribution in [0.15, 0.2) is 71.6 Å². The van der Waals surface area contributed by atoms with Crippen LogP contribution in [0, 0.1) is 17.5 Å². The van der Waals surface area contributed by atoms with Gasteiger partial charge in [-0.25, -0.2) is 21.6 Å². The molecule has 0 unspecified atom stereocenters. The molecule has 0 fully saturated rings. The van der Waals surface area contributed by atoms with E-state index in [4.69, 9.17) is 0 Å². The third kappa shape index (κ3) is 4.09. The van der Waals surface area contributed by atoms with Crippen LogP contribution in [0.3, 0.4) is 0 Å². The highest BCUT2D eigenvalue weighted by atomic mass is 32.2. The normalized spacial score (nSPS) is 11.2. The van der Waals surface area contributed by atoms with Gasteiger partial charge in [-0.05, 0) is 42.5 Å². The molecule has 29 heavy (non-hydrogen) atoms. The second-order valence-electron chi connectivity index (χ2n) is 6.00. The van der Waals surface area contributed by atoms with E-state index in [1.54, 1.807) is 0 Å². The summed E-state index contributed by atoms with van der Waals surface area (Å²) in [5.41, 5.74) is -0.958. The van der Waals surface area contributed by atoms with Gasteiger partial charge in [-0.1, -0.05) is 24.3 Å². The zero-order valence-corrected chi connectivity index (χ0v) is 15.9. The van der Waals surface area contributed by atoms with E-state index in [1.165, 1.54) is 43.4 Å². The fourth-order valence-corrected chi connectivity index (χ4v) is 3.85. The molecular formula is C20H15F3N2O3S. The van der Waals surface area contributed by atoms with Crippen molar-refractivity contribution in [3.8, 4) is 0 Å². The summed E-state index contributed by atoms with van der Waals surface area (Å²) in [6.45, 7) is 0. The van der Waals surface area contributed by atoms with E-state index in [0.717, 1.165) is 34.6 Å². The van der Waals surface area contributed by atoms with Crippen LogP contribution in [0.25, 0.3) is 0 Å². The maximum absolute atomic E-state index is 14.0. The highest BCUT2D eigenvalue weighted by Crippen LogP contribution is 2.25. The Balaban J connectivity index is 1.93. The highest BCUT2D eigenvalue weighted by Gasteiger charge is 2.24. The van der Waals surface area contributed by atoms with Gasteiger partial charge >= 0.3 is 0 Å². The SMILES string of the molecule is CN(c1ccccc1F)S(=O)(=O)c1cccc(C(=O)Nc2c(F)cccc2F)c1. The number of nitrogens with one attached hydrogen (secondary N) is 1. The van der Waals surface area contributed by atoms with E-state index in [1.807, 2.05) is 0 Å². The van der Waals surface area contributed by atoms with E-state index >= 15 is 0 Å². The first kappa shape index (κ1) is 20.4. The Morgan fingerprint density at radius 3 is 2.10 bits per heavy atom. The van der Waals surface area contributed by atoms with Gasteiger partial charge in [0.15, 0.2) is 0 Å². The lowest BCUT2D eigenvalue weighted by Gasteiger charge is -2.20. The fourth-order valence-electron chi connectivity index (χ4n) is 2.60. The Labute approximate surface area is 165 Å². The largest absolute Gasteiger partial charge is 0.317 e. The molecule has 1 N–H and O–H groups in total. The van der Waals surface area contributed by atoms with Crippen LogP contribution >= 0.6 is 0 Å². The van der Waals surface area contributed by atoms with Crippen LogP contribution in [0.1, 0.15) is 10.4 Å². The number of para-hydroxylation sites is 2. The maximum Gasteiger partial charge on any atom is 0.264 e. The molecule has 0 aliphatic rings. The standard InChI is InChI=1S/C20H15F3N2O3S/c1-25(18-11-3-2-8-15(18)21)29(27,28)14-7-4-6-13(12-14)20(26)24-19-16(22)9-5-10-17(19)23/h2-12H,1H3,(H,24,26). The Kier molecular flexibility index (Phi) is 5.60. The lowest BCUT2D eigenvalue weighted by atomic mass is 10.2. The highest BCUT2D eigenvalue weighted by molar-refractivity contribution is 7.92. The fraction of sp³-hybridized carbons (Fsp3) is 0.0500. The summed E-state index contributed by atoms with van der Waals surface area (Å²) < 4.78 is 67.9. The Bertz CT molecular complexity index is 1160. The number of amides is 1. The topological polar surface area (TPSA) is 66.5 Å². The summed E-state index contributed by atoms with van der Waals surface area (Å²) in [6, 6.07) is 13.3. The molecule has 5 nitrogen and oxygen atoms in total. The molecule has 1 amide bonds. The molecular weight excluding hydrogens is 405 g/mol. The molecule has 0 heterocycles. The molecule has 0 aliphatic heterocycles. The van der Waals surface area contributed by atoms with Gasteiger partial charge in [0.25, 0.3) is 15.9 Å². The van der Waals surface area contributed by atoms with Gasteiger partial charge in [-0.3, -0.25) is 9.10 Å². The third-order valence-electron chi connectivity index (χ3n) is 4.15. The summed E-state index contributed by atoms with van der Waals surface area (Å²) in [4.78, 5) is 12.1. The van der Waals surface area contributed by atoms with Gasteiger partial charge in [0.05, 0.1) is 10.6 Å². The van der Waals surface area contributed by atoms with Crippen molar-refractivity contribution in [2.45, 2.75) is 4.90 Å². The first-order chi connectivity index (χ1) is 13.7. The predicted molar refractivity (Wildman–Crippen MR) is 103 cm³/mol. The summed E-state index contributed by atoms with van der Waals surface area (Å²) >= 11 is 0. The maximum atomic E-state index is 14.0. The minimum atomic E-state index is -4.19. The van der Waals surface area contributed by atoms with Gasteiger partial charge in [-0.15, -0.1) is 0 Å². The summed E-state index contributed by atoms with van der Waals surface area (Å²) in [7, 11) is -3.02. The molecule has 0 atom stereocenters. The number of halogens is 3. The van der Waals surface area contributed by atoms with E-state index in [-0.39, 0.29) is 16.1 Å². The average molecular weight is 420 g/mol. The van der Waals surface area contributed by atoms with Crippen molar-refractivity contribution in [1.29, 1.82) is 0 Å². The Hall–Kier alpha value is -3.33. The van der Waals surface area contributed by atoms with Crippen molar-refractivity contribution in [3.05, 3.63) is 89.7 Å². The van der Waals surface area contributed by atoms with Gasteiger partial charge in [0.1, 0.15) is 23.1 Å². The number of rotatable bonds is 5. The molecule has 3 aromatic carbocycles. The van der Waals surface area contributed by atoms with Gasteiger partial charge < -0.3 is 5.32 Å². The molecule has 0 spiro atoms. The molecule has 3 rings (SSSR count). The predicted octanol–water partition coefficient (Wildman–Crippen LogP) is 4.18. The van der Waals surface area contributed by atoms with Gasteiger partial charge in [0, 0.05) is 12.6 Å². The zero-order chi connectivity index (χ0) is 21.2. The average Bonchev–Trinajstić information content (AvgIpc) is 2.70. The lowest BCUT2D eigenvalue weighted by molar-refractivity contribution is 0.102. The smallest absolute Gasteiger partial charge is 0.264 e. The molecule has 0 bridgehead atoms. The van der Waals surface area contributed by atoms with Crippen molar-refractivity contribution in [3.63, 3.8) is 0 Å². The van der Waals surface area contributed by atoms with Crippen molar-refractivity contribution < 1.29 is 26.4 Å². The van der Waals surface area contributed by atoms with Crippen LogP contribution in [-0.2, 0) is 10.0 Å². The third-order valence-corrected chi connectivity index (χ3v) is 5.92. The number of benzene rings is 3. The molecule has 0 radical (unpaired) electrons. The van der Waals surface area contributed by atoms with E-state index in [0.29, 0.717) is 0 Å². The molecule has 0 aromatic heterocycles. The quantitative estimate of drug-likeness (QED) is 0.673. The first-order valence-electron chi connectivity index (χ1n) is 8.30. The number of nitrogens with zero attached hydrogens (tertiary/aromatic N) is 1. The molecule has 0 saturated heterocycles. The summed E-state index contributed by atoms with van der Waals surface area (Å²) in [5.74, 6) is -3.58. The van der Waals surface area contributed by atoms with E-state index in [9.17, 15) is 26.4 Å². The van der Waals surface area contributed by atoms with Crippen LogP contribution in [-0.4, -0.2) is 21.4 Å². The number of hydrogen-bond donors (Lipinski definition) is 1. The van der Waals surface area contributed by atoms with Crippen LogP contribution in [0.5, 0.6) is 0 Å². The second kappa shape index (κ2) is 7.96. The monoisotopic (exact) mass is 420 g/mol. The number of anilines is 2. The van der Waals surface area contributed by atoms with Crippen molar-refractivity contribution >= 4 is 27.3 Å².